The van der Waals surface area contributed by atoms with Gasteiger partial charge in [0.15, 0.2) is 62.9 Å². The van der Waals surface area contributed by atoms with Gasteiger partial charge >= 0.3 is 5.97 Å². The van der Waals surface area contributed by atoms with Crippen molar-refractivity contribution in [1.82, 2.24) is 37.2 Å². The molecule has 7 amide bonds. The second kappa shape index (κ2) is 53.7. The molecule has 0 saturated carbocycles. The summed E-state index contributed by atoms with van der Waals surface area (Å²) in [5.74, 6) is -12.4. The molecule has 858 valence electrons. The van der Waals surface area contributed by atoms with Crippen molar-refractivity contribution in [1.29, 1.82) is 0 Å². The highest BCUT2D eigenvalue weighted by Crippen LogP contribution is 2.44. The van der Waals surface area contributed by atoms with E-state index in [0.29, 0.717) is 0 Å². The van der Waals surface area contributed by atoms with Crippen LogP contribution in [0, 0.1) is 0 Å². The number of carbonyl (C=O) groups excluding carboxylic acids is 7. The van der Waals surface area contributed by atoms with Gasteiger partial charge in [0.1, 0.15) is 262 Å². The summed E-state index contributed by atoms with van der Waals surface area (Å²) in [6.07, 6.45) is -111. The summed E-state index contributed by atoms with van der Waals surface area (Å²) in [6.45, 7) is -7.14. The van der Waals surface area contributed by atoms with E-state index in [2.05, 4.69) is 37.2 Å². The number of hydrogen-bond donors (Lipinski definition) is 37. The number of ether oxygens (including phenoxy) is 21. The van der Waals surface area contributed by atoms with Crippen LogP contribution in [0.3, 0.4) is 0 Å². The van der Waals surface area contributed by atoms with Gasteiger partial charge in [-0.3, -0.25) is 33.6 Å². The lowest BCUT2D eigenvalue weighted by Gasteiger charge is -2.52. The maximum Gasteiger partial charge on any atom is 0.364 e. The SMILES string of the molecule is CC(=O)N[C@@H]1[C@@H](O)[C@H](O[C@@H]2O[C@H](CO)[C@@H](O[C@@H]3O[C@H](CO[C@H]4O[C@H](CO[C@@H]5O[C@H](CO)[C@@H](O)[C@H](O)[C@H]5NC(C)=O)[C@@H](O)[C@H](O)[C@@H]4O[C@@H]4O[C@H](CO)[C@@H](O)[C@H](O)[C@H]4NC(C)=O)[C@@H](O)[C@H](O[C@H]4O[C@H](CO)[C@@H](O[C@@H]5O[C@H](CO)[C@@H](O)[C@H](O)[C@H]5NC(C)=O)[C@H](O)[C@@H]4O[C@@H]4O[C@H](CO)[C@@H](O[C@H]5O[C@H](CO)[C@H](O)[C@H](O[C@]6(C(=O)O)C[C@H](O)[C@@H](NC(C)=O)[C@H]([C@H](O)[C@H](O)CO)O6)[C@H]5O)[C@H](O)[C@H]4NC(C)=O)[C@@H]3O)[C@H](O)[C@H]2NC(C)=O)[C@@H](CO)O[C@H]1O. The molecule has 11 aliphatic rings. The number of carbonyl (C=O) groups is 8. The Balaban J connectivity index is 1.00. The standard InChI is InChI=1S/C83H137N7O59/c1-20(100)84-39-27(107)8-83(82(127)128,148-67(39)46(109)28(108)9-91)149-69-51(114)32(13-95)135-79(62(69)125)144-65-35(16-98)137-77(45(58(65)121)90-26(7)106)147-71-60(123)66(142-74-42(87-23(4)103)54(117)48(111)30(11-93)133-74)36(17-99)138-81(71)145-68-52(115)38(139-78(61(68)124)143-64-34(15-97)136-76(44(57(64)120)89-25(6)105)141-63-33(14-96)131-72(126)40(56(63)119)85-21(2)101)19-130-80-70(146-75-43(88-24(5)104)55(118)49(112)31(12-94)134-75)59(122)50(113)37(140-80)18-129-73-41(86-22(3)102)53(116)47(110)29(10-92)132-73/h27-81,91-99,107-126H,8-19H2,1-7H3,(H,84,100)(H,85,101)(H,86,102)(H,87,103)(H,88,104)(H,89,105)(H,90,106)(H,127,128)/t27-,28+,29+,30+,31+,32+,33+,34+,35+,36+,37+,38+,39+,40+,41+,42+,43+,44+,45+,46+,47+,48+,49+,50+,51-,52+,53+,54+,55+,56+,57+,58+,59-,60-,61-,62+,63+,64+,65+,66+,67+,68-,69-,70-,71-,72+,73+,74-,75-,76-,77-,78-,79+,80-,81+,83-/m0/s1. The molecule has 11 fully saturated rings. The van der Waals surface area contributed by atoms with Gasteiger partial charge in [-0.15, -0.1) is 0 Å². The lowest BCUT2D eigenvalue weighted by Crippen LogP contribution is -2.72. The number of aliphatic hydroxyl groups is 29. The predicted molar refractivity (Wildman–Crippen MR) is 461 cm³/mol. The molecular weight excluding hydrogens is 2040 g/mol. The van der Waals surface area contributed by atoms with Gasteiger partial charge in [0.25, 0.3) is 5.79 Å². The summed E-state index contributed by atoms with van der Waals surface area (Å²) < 4.78 is 127. The number of amides is 7. The van der Waals surface area contributed by atoms with Crippen molar-refractivity contribution in [2.45, 2.75) is 398 Å². The molecule has 56 atom stereocenters. The third-order valence-corrected chi connectivity index (χ3v) is 26.7. The molecule has 0 aromatic carbocycles. The number of carboxylic acids is 1. The maximum absolute atomic E-state index is 13.7. The third-order valence-electron chi connectivity index (χ3n) is 26.7. The number of aliphatic carboxylic acids is 1. The van der Waals surface area contributed by atoms with Crippen LogP contribution >= 0.6 is 0 Å². The smallest absolute Gasteiger partial charge is 0.364 e. The molecule has 11 saturated heterocycles. The minimum absolute atomic E-state index is 0.804. The number of hydrogen-bond acceptors (Lipinski definition) is 58. The molecule has 66 nitrogen and oxygen atoms in total. The average molecular weight is 2180 g/mol. The molecule has 11 rings (SSSR count). The van der Waals surface area contributed by atoms with E-state index in [9.17, 15) is 192 Å². The van der Waals surface area contributed by atoms with E-state index in [1.165, 1.54) is 0 Å². The molecule has 0 unspecified atom stereocenters. The van der Waals surface area contributed by atoms with Gasteiger partial charge in [-0.25, -0.2) is 4.79 Å². The van der Waals surface area contributed by atoms with Crippen molar-refractivity contribution in [2.24, 2.45) is 0 Å². The van der Waals surface area contributed by atoms with Crippen molar-refractivity contribution >= 4 is 47.3 Å². The van der Waals surface area contributed by atoms with E-state index >= 15 is 0 Å². The molecule has 66 heteroatoms. The third kappa shape index (κ3) is 27.9. The van der Waals surface area contributed by atoms with E-state index in [4.69, 9.17) is 99.5 Å². The zero-order valence-electron chi connectivity index (χ0n) is 80.5. The molecule has 0 radical (unpaired) electrons. The highest BCUT2D eigenvalue weighted by Gasteiger charge is 2.65. The Morgan fingerprint density at radius 3 is 0.953 bits per heavy atom. The van der Waals surface area contributed by atoms with Crippen LogP contribution in [0.5, 0.6) is 0 Å². The first kappa shape index (κ1) is 123. The first-order valence-corrected chi connectivity index (χ1v) is 47.2. The fraction of sp³-hybridized carbons (Fsp3) is 0.904. The Bertz CT molecular complexity index is 4300. The fourth-order valence-corrected chi connectivity index (χ4v) is 19.2. The lowest BCUT2D eigenvalue weighted by molar-refractivity contribution is -0.407. The lowest BCUT2D eigenvalue weighted by atomic mass is 9.88. The predicted octanol–water partition coefficient (Wildman–Crippen LogP) is -24.8. The van der Waals surface area contributed by atoms with Crippen LogP contribution in [0.15, 0.2) is 0 Å². The van der Waals surface area contributed by atoms with Crippen LogP contribution in [0.25, 0.3) is 0 Å². The molecular formula is C83H137N7O59. The second-order valence-corrected chi connectivity index (χ2v) is 37.5. The summed E-state index contributed by atoms with van der Waals surface area (Å²) in [5, 5.41) is 360. The van der Waals surface area contributed by atoms with Crippen molar-refractivity contribution in [3.05, 3.63) is 0 Å². The Labute approximate surface area is 843 Å². The minimum atomic E-state index is -3.40. The molecule has 0 aliphatic carbocycles. The molecule has 0 aromatic heterocycles. The monoisotopic (exact) mass is 2180 g/mol. The van der Waals surface area contributed by atoms with Crippen molar-refractivity contribution in [3.63, 3.8) is 0 Å². The fourth-order valence-electron chi connectivity index (χ4n) is 19.2. The first-order chi connectivity index (χ1) is 70.3. The molecule has 0 aromatic rings. The molecule has 149 heavy (non-hydrogen) atoms. The van der Waals surface area contributed by atoms with Crippen molar-refractivity contribution < 1.29 is 291 Å². The molecule has 0 spiro atoms. The first-order valence-electron chi connectivity index (χ1n) is 47.2. The summed E-state index contributed by atoms with van der Waals surface area (Å²) >= 11 is 0. The molecule has 11 aliphatic heterocycles. The summed E-state index contributed by atoms with van der Waals surface area (Å²) in [6, 6.07) is -13.5. The van der Waals surface area contributed by atoms with Gasteiger partial charge in [0.2, 0.25) is 41.4 Å². The van der Waals surface area contributed by atoms with Gasteiger partial charge in [0.05, 0.1) is 84.8 Å². The number of nitrogens with one attached hydrogen (secondary N) is 7. The second-order valence-electron chi connectivity index (χ2n) is 37.5. The van der Waals surface area contributed by atoms with Crippen LogP contribution in [-0.4, -0.2) is 616 Å². The van der Waals surface area contributed by atoms with Gasteiger partial charge < -0.3 is 290 Å². The number of rotatable bonds is 41. The van der Waals surface area contributed by atoms with Crippen LogP contribution in [0.1, 0.15) is 54.9 Å². The van der Waals surface area contributed by atoms with Crippen LogP contribution in [0.2, 0.25) is 0 Å². The Morgan fingerprint density at radius 2 is 0.550 bits per heavy atom. The summed E-state index contributed by atoms with van der Waals surface area (Å²) in [4.78, 5) is 104. The van der Waals surface area contributed by atoms with Crippen LogP contribution in [0.4, 0.5) is 0 Å². The maximum atomic E-state index is 13.7. The van der Waals surface area contributed by atoms with Gasteiger partial charge in [-0.05, 0) is 0 Å². The highest BCUT2D eigenvalue weighted by molar-refractivity contribution is 5.77. The molecule has 11 heterocycles. The van der Waals surface area contributed by atoms with E-state index in [1.54, 1.807) is 0 Å². The van der Waals surface area contributed by atoms with Crippen molar-refractivity contribution in [3.8, 4) is 0 Å². The number of carboxylic acid groups (broad SMARTS) is 1. The number of aliphatic hydroxyl groups excluding tert-OH is 29. The average Bonchev–Trinajstić information content (AvgIpc) is 0.752. The highest BCUT2D eigenvalue weighted by atomic mass is 16.8. The zero-order valence-corrected chi connectivity index (χ0v) is 80.5. The largest absolute Gasteiger partial charge is 0.477 e. The van der Waals surface area contributed by atoms with Crippen molar-refractivity contribution in [2.75, 3.05) is 72.7 Å². The Hall–Kier alpha value is -6.24. The van der Waals surface area contributed by atoms with Crippen LogP contribution in [-0.2, 0) is 138 Å². The normalized spacial score (nSPS) is 46.2. The minimum Gasteiger partial charge on any atom is -0.477 e. The Morgan fingerprint density at radius 1 is 0.275 bits per heavy atom. The van der Waals surface area contributed by atoms with Gasteiger partial charge in [0, 0.05) is 54.9 Å². The van der Waals surface area contributed by atoms with Gasteiger partial charge in [-0.1, -0.05) is 0 Å². The van der Waals surface area contributed by atoms with Crippen LogP contribution < -0.4 is 37.2 Å². The Kier molecular flexibility index (Phi) is 44.3. The van der Waals surface area contributed by atoms with Gasteiger partial charge in [-0.2, -0.15) is 0 Å². The summed E-state index contributed by atoms with van der Waals surface area (Å²) in [7, 11) is 0. The van der Waals surface area contributed by atoms with E-state index in [1.807, 2.05) is 0 Å². The van der Waals surface area contributed by atoms with E-state index < -0.39 is 469 Å². The van der Waals surface area contributed by atoms with E-state index in [0.717, 1.165) is 48.5 Å². The summed E-state index contributed by atoms with van der Waals surface area (Å²) in [5.41, 5.74) is 0. The topological polar surface area (TPSA) is 1020 Å². The van der Waals surface area contributed by atoms with E-state index in [-0.39, 0.29) is 0 Å². The molecule has 0 bridgehead atoms. The zero-order chi connectivity index (χ0) is 110. The quantitative estimate of drug-likeness (QED) is 0.0270. The molecule has 37 N–H and O–H groups in total.